The first-order valence-corrected chi connectivity index (χ1v) is 8.14. The minimum absolute atomic E-state index is 0.187. The van der Waals surface area contributed by atoms with Gasteiger partial charge in [0.25, 0.3) is 5.56 Å². The summed E-state index contributed by atoms with van der Waals surface area (Å²) in [5.41, 5.74) is -0.661. The summed E-state index contributed by atoms with van der Waals surface area (Å²) in [6, 6.07) is 0. The molecule has 24 heavy (non-hydrogen) atoms. The topological polar surface area (TPSA) is 103 Å². The largest absolute Gasteiger partial charge is 0.388 e. The van der Waals surface area contributed by atoms with E-state index in [0.29, 0.717) is 12.0 Å². The molecule has 2 N–H and O–H groups in total. The Morgan fingerprint density at radius 2 is 2.04 bits per heavy atom. The predicted molar refractivity (Wildman–Crippen MR) is 87.1 cm³/mol. The van der Waals surface area contributed by atoms with Crippen LogP contribution in [0.3, 0.4) is 0 Å². The van der Waals surface area contributed by atoms with Crippen LogP contribution < -0.4 is 11.2 Å². The summed E-state index contributed by atoms with van der Waals surface area (Å²) in [5.74, 6) is 0. The molecule has 1 aromatic heterocycles. The maximum atomic E-state index is 12.2. The zero-order valence-electron chi connectivity index (χ0n) is 14.7. The molecule has 8 nitrogen and oxygen atoms in total. The number of aliphatic hydroxyl groups is 1. The van der Waals surface area contributed by atoms with Gasteiger partial charge in [-0.25, -0.2) is 4.79 Å². The Balaban J connectivity index is 2.36. The molecule has 0 bridgehead atoms. The van der Waals surface area contributed by atoms with E-state index < -0.39 is 35.8 Å². The number of hydrogen-bond donors (Lipinski definition) is 2. The van der Waals surface area contributed by atoms with E-state index in [9.17, 15) is 14.7 Å². The van der Waals surface area contributed by atoms with Crippen molar-refractivity contribution in [2.24, 2.45) is 0 Å². The maximum Gasteiger partial charge on any atom is 0.330 e. The van der Waals surface area contributed by atoms with Gasteiger partial charge in [-0.1, -0.05) is 6.92 Å². The Kier molecular flexibility index (Phi) is 5.97. The molecule has 0 spiro atoms. The first kappa shape index (κ1) is 18.9. The van der Waals surface area contributed by atoms with Crippen LogP contribution in [0.2, 0.25) is 0 Å². The van der Waals surface area contributed by atoms with E-state index in [0.717, 1.165) is 0 Å². The van der Waals surface area contributed by atoms with Gasteiger partial charge in [0.15, 0.2) is 6.23 Å². The van der Waals surface area contributed by atoms with Crippen molar-refractivity contribution in [2.75, 3.05) is 7.11 Å². The minimum Gasteiger partial charge on any atom is -0.388 e. The molecular formula is C16H26N2O6. The van der Waals surface area contributed by atoms with Crippen molar-refractivity contribution in [1.82, 2.24) is 9.55 Å². The van der Waals surface area contributed by atoms with E-state index in [2.05, 4.69) is 4.98 Å². The SMILES string of the molecule is CC[C@H]1O[C@@H](n2cc(C)c(=O)[nH]c2=O)[C@@H](O[C@@H](C)[C@H](C)OC)C1O. The van der Waals surface area contributed by atoms with Gasteiger partial charge in [0, 0.05) is 18.9 Å². The van der Waals surface area contributed by atoms with Crippen molar-refractivity contribution in [1.29, 1.82) is 0 Å². The van der Waals surface area contributed by atoms with Crippen LogP contribution in [0.4, 0.5) is 0 Å². The van der Waals surface area contributed by atoms with Gasteiger partial charge in [-0.2, -0.15) is 0 Å². The molecule has 1 unspecified atom stereocenters. The second-order valence-electron chi connectivity index (χ2n) is 6.19. The minimum atomic E-state index is -0.884. The number of hydrogen-bond acceptors (Lipinski definition) is 6. The summed E-state index contributed by atoms with van der Waals surface area (Å²) in [7, 11) is 1.58. The second-order valence-corrected chi connectivity index (χ2v) is 6.19. The summed E-state index contributed by atoms with van der Waals surface area (Å²) in [6.07, 6.45) is -1.40. The Bertz CT molecular complexity index is 669. The lowest BCUT2D eigenvalue weighted by Gasteiger charge is -2.28. The van der Waals surface area contributed by atoms with Crippen LogP contribution in [0.5, 0.6) is 0 Å². The lowest BCUT2D eigenvalue weighted by atomic mass is 10.1. The molecular weight excluding hydrogens is 316 g/mol. The van der Waals surface area contributed by atoms with Gasteiger partial charge in [0.1, 0.15) is 12.2 Å². The smallest absolute Gasteiger partial charge is 0.330 e. The molecule has 136 valence electrons. The number of aromatic amines is 1. The number of methoxy groups -OCH3 is 1. The Morgan fingerprint density at radius 1 is 1.38 bits per heavy atom. The Hall–Kier alpha value is -1.48. The van der Waals surface area contributed by atoms with Gasteiger partial charge < -0.3 is 19.3 Å². The molecule has 8 heteroatoms. The van der Waals surface area contributed by atoms with Crippen molar-refractivity contribution in [3.63, 3.8) is 0 Å². The molecule has 0 radical (unpaired) electrons. The molecule has 6 atom stereocenters. The summed E-state index contributed by atoms with van der Waals surface area (Å²) in [4.78, 5) is 26.0. The summed E-state index contributed by atoms with van der Waals surface area (Å²) in [5, 5.41) is 10.5. The van der Waals surface area contributed by atoms with Gasteiger partial charge in [-0.15, -0.1) is 0 Å². The number of nitrogens with one attached hydrogen (secondary N) is 1. The van der Waals surface area contributed by atoms with E-state index in [1.165, 1.54) is 10.8 Å². The van der Waals surface area contributed by atoms with E-state index in [-0.39, 0.29) is 12.2 Å². The average molecular weight is 342 g/mol. The highest BCUT2D eigenvalue weighted by Crippen LogP contribution is 2.33. The molecule has 1 aromatic rings. The second kappa shape index (κ2) is 7.60. The Morgan fingerprint density at radius 3 is 2.62 bits per heavy atom. The fraction of sp³-hybridized carbons (Fsp3) is 0.750. The fourth-order valence-electron chi connectivity index (χ4n) is 2.75. The van der Waals surface area contributed by atoms with Crippen molar-refractivity contribution in [3.05, 3.63) is 32.6 Å². The lowest BCUT2D eigenvalue weighted by molar-refractivity contribution is -0.129. The quantitative estimate of drug-likeness (QED) is 0.772. The van der Waals surface area contributed by atoms with Gasteiger partial charge in [0.2, 0.25) is 0 Å². The molecule has 1 fully saturated rings. The summed E-state index contributed by atoms with van der Waals surface area (Å²) < 4.78 is 18.3. The number of nitrogens with zero attached hydrogens (tertiary/aromatic N) is 1. The van der Waals surface area contributed by atoms with Crippen LogP contribution in [-0.2, 0) is 14.2 Å². The number of ether oxygens (including phenoxy) is 3. The number of H-pyrrole nitrogens is 1. The molecule has 1 aliphatic rings. The van der Waals surface area contributed by atoms with E-state index in [4.69, 9.17) is 14.2 Å². The standard InChI is InChI=1S/C16H26N2O6/c1-6-11-12(19)13(23-10(4)9(3)22-5)15(24-11)18-7-8(2)14(20)17-16(18)21/h7,9-13,15,19H,6H2,1-5H3,(H,17,20,21)/t9-,10-,11+,12?,13-,15+/m0/s1. The molecule has 1 aliphatic heterocycles. The highest BCUT2D eigenvalue weighted by Gasteiger charge is 2.46. The van der Waals surface area contributed by atoms with E-state index >= 15 is 0 Å². The van der Waals surface area contributed by atoms with Crippen molar-refractivity contribution >= 4 is 0 Å². The van der Waals surface area contributed by atoms with E-state index in [1.807, 2.05) is 20.8 Å². The third kappa shape index (κ3) is 3.61. The fourth-order valence-corrected chi connectivity index (χ4v) is 2.75. The normalized spacial score (nSPS) is 29.6. The number of aromatic nitrogens is 2. The molecule has 0 aliphatic carbocycles. The van der Waals surface area contributed by atoms with Crippen LogP contribution >= 0.6 is 0 Å². The number of rotatable bonds is 6. The molecule has 1 saturated heterocycles. The summed E-state index contributed by atoms with van der Waals surface area (Å²) in [6.45, 7) is 7.17. The monoisotopic (exact) mass is 342 g/mol. The van der Waals surface area contributed by atoms with Crippen molar-refractivity contribution in [2.45, 2.75) is 70.9 Å². The highest BCUT2D eigenvalue weighted by atomic mass is 16.6. The molecule has 0 amide bonds. The van der Waals surface area contributed by atoms with Crippen molar-refractivity contribution in [3.8, 4) is 0 Å². The molecule has 0 aromatic carbocycles. The maximum absolute atomic E-state index is 12.2. The number of aliphatic hydroxyl groups excluding tert-OH is 1. The number of aryl methyl sites for hydroxylation is 1. The van der Waals surface area contributed by atoms with Gasteiger partial charge >= 0.3 is 5.69 Å². The summed E-state index contributed by atoms with van der Waals surface area (Å²) >= 11 is 0. The average Bonchev–Trinajstić information content (AvgIpc) is 2.86. The molecule has 0 saturated carbocycles. The predicted octanol–water partition coefficient (Wildman–Crippen LogP) is 0.322. The van der Waals surface area contributed by atoms with E-state index in [1.54, 1.807) is 14.0 Å². The zero-order valence-corrected chi connectivity index (χ0v) is 14.7. The van der Waals surface area contributed by atoms with Crippen molar-refractivity contribution < 1.29 is 19.3 Å². The zero-order chi connectivity index (χ0) is 18.0. The Labute approximate surface area is 140 Å². The van der Waals surface area contributed by atoms with Crippen LogP contribution in [-0.4, -0.2) is 52.3 Å². The lowest BCUT2D eigenvalue weighted by Crippen LogP contribution is -2.42. The third-order valence-electron chi connectivity index (χ3n) is 4.54. The highest BCUT2D eigenvalue weighted by molar-refractivity contribution is 5.03. The molecule has 2 heterocycles. The van der Waals surface area contributed by atoms with Crippen LogP contribution in [0.15, 0.2) is 15.8 Å². The van der Waals surface area contributed by atoms with Gasteiger partial charge in [-0.3, -0.25) is 14.3 Å². The van der Waals surface area contributed by atoms with Gasteiger partial charge in [-0.05, 0) is 27.2 Å². The third-order valence-corrected chi connectivity index (χ3v) is 4.54. The van der Waals surface area contributed by atoms with Crippen LogP contribution in [0.1, 0.15) is 39.0 Å². The first-order chi connectivity index (χ1) is 11.3. The van der Waals surface area contributed by atoms with Gasteiger partial charge in [0.05, 0.1) is 18.3 Å². The van der Waals surface area contributed by atoms with Crippen LogP contribution in [0, 0.1) is 6.92 Å². The first-order valence-electron chi connectivity index (χ1n) is 8.14. The molecule has 2 rings (SSSR count). The van der Waals surface area contributed by atoms with Crippen LogP contribution in [0.25, 0.3) is 0 Å².